The summed E-state index contributed by atoms with van der Waals surface area (Å²) in [7, 11) is -0.626. The van der Waals surface area contributed by atoms with E-state index < -0.39 is 10.3 Å². The van der Waals surface area contributed by atoms with E-state index >= 15 is 0 Å². The van der Waals surface area contributed by atoms with Crippen molar-refractivity contribution in [1.82, 2.24) is 5.32 Å². The molecule has 0 saturated heterocycles. The van der Waals surface area contributed by atoms with Crippen molar-refractivity contribution in [2.45, 2.75) is 13.3 Å². The van der Waals surface area contributed by atoms with Gasteiger partial charge in [0.15, 0.2) is 0 Å². The van der Waals surface area contributed by atoms with Gasteiger partial charge in [-0.05, 0) is 65.9 Å². The number of fused-ring (bicyclic) bond motifs is 1. The predicted molar refractivity (Wildman–Crippen MR) is 118 cm³/mol. The van der Waals surface area contributed by atoms with Gasteiger partial charge in [-0.2, -0.15) is 8.42 Å². The van der Waals surface area contributed by atoms with Crippen LogP contribution in [0.15, 0.2) is 60.7 Å². The van der Waals surface area contributed by atoms with Crippen LogP contribution in [-0.4, -0.2) is 27.1 Å². The fraction of sp³-hybridized carbons (Fsp3) is 0.174. The Hall–Kier alpha value is -3.09. The monoisotopic (exact) mass is 406 g/mol. The fourth-order valence-electron chi connectivity index (χ4n) is 3.67. The molecular formula is C23H22N2O3S. The molecule has 3 aromatic carbocycles. The lowest BCUT2D eigenvalue weighted by Crippen LogP contribution is -2.33. The molecule has 0 aliphatic carbocycles. The topological polar surface area (TPSA) is 67.4 Å². The number of methoxy groups -OCH3 is 1. The molecule has 2 N–H and O–H groups in total. The molecule has 148 valence electrons. The van der Waals surface area contributed by atoms with E-state index in [0.717, 1.165) is 45.8 Å². The highest BCUT2D eigenvalue weighted by molar-refractivity contribution is 7.73. The third-order valence-corrected chi connectivity index (χ3v) is 5.86. The van der Waals surface area contributed by atoms with E-state index in [2.05, 4.69) is 29.7 Å². The van der Waals surface area contributed by atoms with Gasteiger partial charge < -0.3 is 10.1 Å². The van der Waals surface area contributed by atoms with Gasteiger partial charge in [0, 0.05) is 23.5 Å². The van der Waals surface area contributed by atoms with Crippen LogP contribution in [0.3, 0.4) is 0 Å². The Bertz CT molecular complexity index is 1190. The maximum atomic E-state index is 11.5. The Morgan fingerprint density at radius 3 is 2.52 bits per heavy atom. The van der Waals surface area contributed by atoms with Gasteiger partial charge in [-0.25, -0.2) is 0 Å². The van der Waals surface area contributed by atoms with E-state index in [4.69, 9.17) is 4.74 Å². The molecular weight excluding hydrogens is 384 g/mol. The Kier molecular flexibility index (Phi) is 5.38. The molecule has 0 saturated carbocycles. The molecule has 4 rings (SSSR count). The van der Waals surface area contributed by atoms with E-state index in [9.17, 15) is 8.42 Å². The molecule has 0 fully saturated rings. The normalized spacial score (nSPS) is 13.0. The summed E-state index contributed by atoms with van der Waals surface area (Å²) in [5, 5.41) is 6.46. The second kappa shape index (κ2) is 8.11. The quantitative estimate of drug-likeness (QED) is 0.643. The largest absolute Gasteiger partial charge is 0.497 e. The zero-order valence-electron chi connectivity index (χ0n) is 16.3. The Morgan fingerprint density at radius 2 is 1.79 bits per heavy atom. The van der Waals surface area contributed by atoms with Crippen LogP contribution in [0, 0.1) is 6.92 Å². The summed E-state index contributed by atoms with van der Waals surface area (Å²) in [6.07, 6.45) is 0.760. The third kappa shape index (κ3) is 3.90. The lowest BCUT2D eigenvalue weighted by molar-refractivity contribution is 0.415. The number of hydrogen-bond donors (Lipinski definition) is 2. The van der Waals surface area contributed by atoms with Crippen molar-refractivity contribution in [2.24, 2.45) is 0 Å². The van der Waals surface area contributed by atoms with E-state index in [1.165, 1.54) is 5.56 Å². The minimum atomic E-state index is -2.29. The van der Waals surface area contributed by atoms with E-state index in [0.29, 0.717) is 6.54 Å². The summed E-state index contributed by atoms with van der Waals surface area (Å²) >= 11 is 0. The first kappa shape index (κ1) is 19.2. The number of hydrogen-bond acceptors (Lipinski definition) is 4. The molecule has 6 heteroatoms. The second-order valence-corrected chi connectivity index (χ2v) is 7.83. The van der Waals surface area contributed by atoms with Gasteiger partial charge in [0.05, 0.1) is 7.11 Å². The molecule has 0 aromatic heterocycles. The number of nitrogens with one attached hydrogen (secondary N) is 2. The maximum Gasteiger partial charge on any atom is 0.233 e. The Morgan fingerprint density at radius 1 is 1.00 bits per heavy atom. The smallest absolute Gasteiger partial charge is 0.233 e. The zero-order chi connectivity index (χ0) is 20.4. The van der Waals surface area contributed by atoms with Gasteiger partial charge in [-0.15, -0.1) is 0 Å². The zero-order valence-corrected chi connectivity index (χ0v) is 17.1. The van der Waals surface area contributed by atoms with Crippen molar-refractivity contribution in [2.75, 3.05) is 19.0 Å². The van der Waals surface area contributed by atoms with Crippen molar-refractivity contribution in [1.29, 1.82) is 0 Å². The molecule has 1 aliphatic rings. The molecule has 0 atom stereocenters. The van der Waals surface area contributed by atoms with Gasteiger partial charge in [0.1, 0.15) is 10.7 Å². The van der Waals surface area contributed by atoms with Crippen LogP contribution < -0.4 is 15.4 Å². The minimum absolute atomic E-state index is 0.262. The average molecular weight is 407 g/mol. The van der Waals surface area contributed by atoms with Gasteiger partial charge in [0.25, 0.3) is 0 Å². The van der Waals surface area contributed by atoms with E-state index in [-0.39, 0.29) is 4.99 Å². The first-order valence-electron chi connectivity index (χ1n) is 9.41. The molecule has 3 aromatic rings. The van der Waals surface area contributed by atoms with Crippen LogP contribution in [-0.2, 0) is 16.7 Å². The lowest BCUT2D eigenvalue weighted by Gasteiger charge is -2.21. The summed E-state index contributed by atoms with van der Waals surface area (Å²) < 4.78 is 28.3. The Balaban J connectivity index is 1.71. The average Bonchev–Trinajstić information content (AvgIpc) is 2.75. The minimum Gasteiger partial charge on any atom is -0.497 e. The maximum absolute atomic E-state index is 11.5. The highest BCUT2D eigenvalue weighted by atomic mass is 32.2. The number of ether oxygens (including phenoxy) is 1. The highest BCUT2D eigenvalue weighted by Gasteiger charge is 2.19. The molecule has 1 heterocycles. The summed E-state index contributed by atoms with van der Waals surface area (Å²) in [6.45, 7) is 2.68. The summed E-state index contributed by atoms with van der Waals surface area (Å²) in [5.41, 5.74) is 7.06. The van der Waals surface area contributed by atoms with Crippen LogP contribution in [0.1, 0.15) is 16.7 Å². The first-order chi connectivity index (χ1) is 14.1. The number of aryl methyl sites for hydroxylation is 1. The molecule has 1 aliphatic heterocycles. The van der Waals surface area contributed by atoms with Crippen molar-refractivity contribution in [3.05, 3.63) is 77.4 Å². The summed E-state index contributed by atoms with van der Waals surface area (Å²) in [6, 6.07) is 20.0. The SMILES string of the molecule is COc1ccc(-c2cc(Nc3cccc4c3CCNC4=S(=O)=O)ccc2C)cc1. The van der Waals surface area contributed by atoms with Gasteiger partial charge >= 0.3 is 0 Å². The van der Waals surface area contributed by atoms with Crippen molar-refractivity contribution >= 4 is 26.7 Å². The third-order valence-electron chi connectivity index (χ3n) is 5.17. The predicted octanol–water partition coefficient (Wildman–Crippen LogP) is 3.92. The van der Waals surface area contributed by atoms with Crippen LogP contribution in [0.4, 0.5) is 11.4 Å². The number of anilines is 2. The molecule has 0 spiro atoms. The number of rotatable bonds is 4. The molecule has 5 nitrogen and oxygen atoms in total. The molecule has 0 amide bonds. The lowest BCUT2D eigenvalue weighted by atomic mass is 9.97. The van der Waals surface area contributed by atoms with Crippen LogP contribution in [0.25, 0.3) is 11.1 Å². The highest BCUT2D eigenvalue weighted by Crippen LogP contribution is 2.31. The number of benzene rings is 3. The molecule has 0 bridgehead atoms. The van der Waals surface area contributed by atoms with Gasteiger partial charge in [-0.1, -0.05) is 30.3 Å². The van der Waals surface area contributed by atoms with Gasteiger partial charge in [0.2, 0.25) is 10.3 Å². The van der Waals surface area contributed by atoms with Crippen molar-refractivity contribution in [3.63, 3.8) is 0 Å². The molecule has 0 radical (unpaired) electrons. The Labute approximate surface area is 171 Å². The van der Waals surface area contributed by atoms with E-state index in [1.54, 1.807) is 7.11 Å². The summed E-state index contributed by atoms with van der Waals surface area (Å²) in [5.74, 6) is 0.827. The van der Waals surface area contributed by atoms with Gasteiger partial charge in [-0.3, -0.25) is 5.32 Å². The summed E-state index contributed by atoms with van der Waals surface area (Å²) in [4.78, 5) is 0.262. The fourth-order valence-corrected chi connectivity index (χ4v) is 4.26. The van der Waals surface area contributed by atoms with Crippen LogP contribution >= 0.6 is 0 Å². The van der Waals surface area contributed by atoms with Crippen molar-refractivity contribution < 1.29 is 13.2 Å². The second-order valence-electron chi connectivity index (χ2n) is 6.96. The molecule has 0 unspecified atom stereocenters. The van der Waals surface area contributed by atoms with Crippen LogP contribution in [0.2, 0.25) is 0 Å². The first-order valence-corrected chi connectivity index (χ1v) is 10.5. The standard InChI is InChI=1S/C23H22N2O3S/c1-15-6-9-17(14-21(15)16-7-10-18(28-2)11-8-16)25-22-5-3-4-20-19(22)12-13-24-23(20)29(26)27/h3-11,14,24-25H,12-13H2,1-2H3. The van der Waals surface area contributed by atoms with Crippen LogP contribution in [0.5, 0.6) is 5.75 Å². The van der Waals surface area contributed by atoms with Crippen molar-refractivity contribution in [3.8, 4) is 16.9 Å². The molecule has 29 heavy (non-hydrogen) atoms. The van der Waals surface area contributed by atoms with E-state index in [1.807, 2.05) is 48.5 Å².